The van der Waals surface area contributed by atoms with Crippen molar-refractivity contribution in [1.82, 2.24) is 19.7 Å². The number of carboxylic acid groups (broad SMARTS) is 1. The lowest BCUT2D eigenvalue weighted by Crippen LogP contribution is -2.43. The second kappa shape index (κ2) is 4.61. The molecule has 1 saturated heterocycles. The number of rotatable bonds is 2. The molecule has 0 unspecified atom stereocenters. The number of carboxylic acids is 1. The molecule has 9 heteroatoms. The minimum Gasteiger partial charge on any atom is -0.480 e. The number of urea groups is 1. The van der Waals surface area contributed by atoms with Crippen molar-refractivity contribution in [1.29, 1.82) is 0 Å². The van der Waals surface area contributed by atoms with E-state index in [9.17, 15) is 14.7 Å². The van der Waals surface area contributed by atoms with Gasteiger partial charge in [0, 0.05) is 20.0 Å². The van der Waals surface area contributed by atoms with Crippen LogP contribution in [-0.4, -0.2) is 60.6 Å². The number of amides is 2. The fraction of sp³-hybridized carbons (Fsp3) is 0.556. The van der Waals surface area contributed by atoms with Gasteiger partial charge in [0.2, 0.25) is 5.95 Å². The summed E-state index contributed by atoms with van der Waals surface area (Å²) in [5, 5.41) is 24.6. The van der Waals surface area contributed by atoms with Gasteiger partial charge >= 0.3 is 12.0 Å². The van der Waals surface area contributed by atoms with Crippen molar-refractivity contribution in [2.75, 3.05) is 11.9 Å². The van der Waals surface area contributed by atoms with E-state index in [-0.39, 0.29) is 18.9 Å². The smallest absolute Gasteiger partial charge is 0.326 e. The maximum Gasteiger partial charge on any atom is 0.326 e. The van der Waals surface area contributed by atoms with Gasteiger partial charge < -0.3 is 15.1 Å². The topological polar surface area (TPSA) is 121 Å². The first kappa shape index (κ1) is 12.3. The second-order valence-corrected chi connectivity index (χ2v) is 4.03. The summed E-state index contributed by atoms with van der Waals surface area (Å²) >= 11 is 0. The summed E-state index contributed by atoms with van der Waals surface area (Å²) in [6, 6.07) is -1.64. The third kappa shape index (κ3) is 2.25. The molecule has 2 rings (SSSR count). The zero-order valence-electron chi connectivity index (χ0n) is 9.65. The number of likely N-dealkylation sites (tertiary alicyclic amines) is 1. The van der Waals surface area contributed by atoms with Crippen LogP contribution in [0.3, 0.4) is 0 Å². The van der Waals surface area contributed by atoms with Gasteiger partial charge in [-0.1, -0.05) is 0 Å². The van der Waals surface area contributed by atoms with E-state index in [1.807, 2.05) is 0 Å². The summed E-state index contributed by atoms with van der Waals surface area (Å²) in [7, 11) is 1.59. The molecule has 0 radical (unpaired) electrons. The first-order valence-corrected chi connectivity index (χ1v) is 5.31. The van der Waals surface area contributed by atoms with Crippen LogP contribution in [-0.2, 0) is 11.8 Å². The van der Waals surface area contributed by atoms with Crippen molar-refractivity contribution in [3.8, 4) is 0 Å². The molecule has 3 N–H and O–H groups in total. The van der Waals surface area contributed by atoms with Gasteiger partial charge in [0.05, 0.1) is 6.10 Å². The minimum absolute atomic E-state index is 0.0132. The molecule has 2 amide bonds. The largest absolute Gasteiger partial charge is 0.480 e. The van der Waals surface area contributed by atoms with Gasteiger partial charge in [-0.15, -0.1) is 0 Å². The number of hydrogen-bond donors (Lipinski definition) is 3. The number of β-amino-alcohol motifs (C(OH)–C–C–N with tert-alkyl or cyclic N) is 1. The van der Waals surface area contributed by atoms with Crippen molar-refractivity contribution in [3.63, 3.8) is 0 Å². The number of anilines is 1. The zero-order valence-corrected chi connectivity index (χ0v) is 9.65. The number of aromatic nitrogens is 3. The highest BCUT2D eigenvalue weighted by atomic mass is 16.4. The number of hydrogen-bond acceptors (Lipinski definition) is 5. The molecule has 1 aromatic rings. The molecule has 0 saturated carbocycles. The van der Waals surface area contributed by atoms with E-state index in [2.05, 4.69) is 15.4 Å². The number of carbonyl (C=O) groups excluding carboxylic acids is 1. The quantitative estimate of drug-likeness (QED) is 0.614. The van der Waals surface area contributed by atoms with Crippen molar-refractivity contribution in [2.45, 2.75) is 18.6 Å². The highest BCUT2D eigenvalue weighted by Gasteiger charge is 2.39. The van der Waals surface area contributed by atoms with Crippen LogP contribution in [0.5, 0.6) is 0 Å². The van der Waals surface area contributed by atoms with Crippen molar-refractivity contribution >= 4 is 17.9 Å². The zero-order chi connectivity index (χ0) is 13.3. The van der Waals surface area contributed by atoms with Crippen LogP contribution in [0, 0.1) is 0 Å². The summed E-state index contributed by atoms with van der Waals surface area (Å²) in [5.41, 5.74) is 0. The molecular formula is C9H13N5O4. The van der Waals surface area contributed by atoms with Crippen LogP contribution in [0.4, 0.5) is 10.7 Å². The number of carbonyl (C=O) groups is 2. The van der Waals surface area contributed by atoms with Gasteiger partial charge in [-0.3, -0.25) is 5.32 Å². The third-order valence-electron chi connectivity index (χ3n) is 2.76. The Morgan fingerprint density at radius 2 is 2.28 bits per heavy atom. The highest BCUT2D eigenvalue weighted by Crippen LogP contribution is 2.19. The molecule has 1 fully saturated rings. The molecule has 0 aromatic carbocycles. The average Bonchev–Trinajstić information content (AvgIpc) is 2.86. The number of aryl methyl sites for hydroxylation is 1. The van der Waals surface area contributed by atoms with Gasteiger partial charge in [-0.05, 0) is 0 Å². The third-order valence-corrected chi connectivity index (χ3v) is 2.76. The number of nitrogens with zero attached hydrogens (tertiary/aromatic N) is 4. The fourth-order valence-electron chi connectivity index (χ4n) is 1.85. The Kier molecular flexibility index (Phi) is 3.15. The Morgan fingerprint density at radius 3 is 2.83 bits per heavy atom. The number of aliphatic carboxylic acids is 1. The first-order valence-electron chi connectivity index (χ1n) is 5.31. The molecule has 2 atom stereocenters. The van der Waals surface area contributed by atoms with E-state index in [1.54, 1.807) is 7.05 Å². The Labute approximate surface area is 102 Å². The lowest BCUT2D eigenvalue weighted by Gasteiger charge is -2.20. The Balaban J connectivity index is 2.09. The number of aliphatic hydroxyl groups excluding tert-OH is 1. The van der Waals surface area contributed by atoms with Gasteiger partial charge in [0.25, 0.3) is 0 Å². The van der Waals surface area contributed by atoms with Crippen LogP contribution < -0.4 is 5.32 Å². The fourth-order valence-corrected chi connectivity index (χ4v) is 1.85. The molecule has 0 bridgehead atoms. The van der Waals surface area contributed by atoms with E-state index in [0.29, 0.717) is 0 Å². The molecule has 1 aromatic heterocycles. The van der Waals surface area contributed by atoms with Crippen LogP contribution in [0.15, 0.2) is 6.33 Å². The van der Waals surface area contributed by atoms with E-state index in [1.165, 1.54) is 11.0 Å². The van der Waals surface area contributed by atoms with Crippen LogP contribution >= 0.6 is 0 Å². The summed E-state index contributed by atoms with van der Waals surface area (Å²) in [6.07, 6.45) is 0.473. The van der Waals surface area contributed by atoms with Crippen LogP contribution in [0.2, 0.25) is 0 Å². The van der Waals surface area contributed by atoms with E-state index >= 15 is 0 Å². The Morgan fingerprint density at radius 1 is 1.56 bits per heavy atom. The predicted octanol–water partition coefficient (Wildman–Crippen LogP) is -1.13. The first-order chi connectivity index (χ1) is 8.49. The lowest BCUT2D eigenvalue weighted by molar-refractivity contribution is -0.141. The molecule has 18 heavy (non-hydrogen) atoms. The molecule has 0 aliphatic carbocycles. The monoisotopic (exact) mass is 255 g/mol. The molecular weight excluding hydrogens is 242 g/mol. The van der Waals surface area contributed by atoms with Gasteiger partial charge in [-0.25, -0.2) is 14.3 Å². The summed E-state index contributed by atoms with van der Waals surface area (Å²) in [5.74, 6) is -0.926. The number of aliphatic hydroxyl groups is 1. The lowest BCUT2D eigenvalue weighted by atomic mass is 10.2. The molecule has 2 heterocycles. The summed E-state index contributed by atoms with van der Waals surface area (Å²) in [4.78, 5) is 27.7. The molecule has 9 nitrogen and oxygen atoms in total. The normalized spacial score (nSPS) is 23.1. The van der Waals surface area contributed by atoms with Crippen LogP contribution in [0.1, 0.15) is 6.42 Å². The second-order valence-electron chi connectivity index (χ2n) is 4.03. The van der Waals surface area contributed by atoms with Crippen LogP contribution in [0.25, 0.3) is 0 Å². The van der Waals surface area contributed by atoms with Gasteiger partial charge in [-0.2, -0.15) is 10.1 Å². The summed E-state index contributed by atoms with van der Waals surface area (Å²) in [6.45, 7) is -0.0132. The van der Waals surface area contributed by atoms with Crippen molar-refractivity contribution in [2.24, 2.45) is 7.05 Å². The SMILES string of the molecule is Cn1ncnc1NC(=O)N1C[C@@H](O)C[C@H]1C(=O)O. The molecule has 1 aliphatic rings. The molecule has 1 aliphatic heterocycles. The van der Waals surface area contributed by atoms with E-state index in [4.69, 9.17) is 5.11 Å². The van der Waals surface area contributed by atoms with Crippen molar-refractivity contribution in [3.05, 3.63) is 6.33 Å². The Bertz CT molecular complexity index is 473. The van der Waals surface area contributed by atoms with Crippen molar-refractivity contribution < 1.29 is 19.8 Å². The highest BCUT2D eigenvalue weighted by molar-refractivity contribution is 5.91. The van der Waals surface area contributed by atoms with E-state index < -0.39 is 24.1 Å². The van der Waals surface area contributed by atoms with Gasteiger partial charge in [0.15, 0.2) is 0 Å². The maximum absolute atomic E-state index is 11.9. The maximum atomic E-state index is 11.9. The average molecular weight is 255 g/mol. The molecule has 0 spiro atoms. The Hall–Kier alpha value is -2.16. The number of nitrogens with one attached hydrogen (secondary N) is 1. The molecule has 98 valence electrons. The standard InChI is InChI=1S/C9H13N5O4/c1-13-8(10-4-11-13)12-9(18)14-3-5(15)2-6(14)7(16)17/h4-6,15H,2-3H2,1H3,(H,16,17)(H,10,11,12,18)/t5-,6-/m0/s1. The predicted molar refractivity (Wildman–Crippen MR) is 58.8 cm³/mol. The van der Waals surface area contributed by atoms with E-state index in [0.717, 1.165) is 4.90 Å². The van der Waals surface area contributed by atoms with Gasteiger partial charge in [0.1, 0.15) is 12.4 Å². The summed E-state index contributed by atoms with van der Waals surface area (Å²) < 4.78 is 1.35. The minimum atomic E-state index is -1.14.